The molecule has 0 N–H and O–H groups in total. The van der Waals surface area contributed by atoms with Crippen molar-refractivity contribution in [3.63, 3.8) is 0 Å². The zero-order valence-corrected chi connectivity index (χ0v) is 20.6. The minimum Gasteiger partial charge on any atom is -0.444 e. The van der Waals surface area contributed by atoms with Crippen molar-refractivity contribution in [2.45, 2.75) is 83.2 Å². The normalized spacial score (nSPS) is 25.1. The molecule has 3 aliphatic rings. The first kappa shape index (κ1) is 25.5. The van der Waals surface area contributed by atoms with Crippen LogP contribution in [0, 0.1) is 5.92 Å². The number of carbonyl (C=O) groups is 2. The summed E-state index contributed by atoms with van der Waals surface area (Å²) >= 11 is 0. The molecular formula is C24H34F3N5O3. The molecule has 2 amide bonds. The number of amides is 2. The molecule has 11 heteroatoms. The van der Waals surface area contributed by atoms with Crippen LogP contribution in [-0.4, -0.2) is 75.6 Å². The van der Waals surface area contributed by atoms with Gasteiger partial charge < -0.3 is 19.4 Å². The molecule has 0 radical (unpaired) electrons. The van der Waals surface area contributed by atoms with Gasteiger partial charge in [0.2, 0.25) is 11.9 Å². The van der Waals surface area contributed by atoms with Crippen LogP contribution < -0.4 is 4.90 Å². The highest BCUT2D eigenvalue weighted by molar-refractivity contribution is 5.76. The van der Waals surface area contributed by atoms with Gasteiger partial charge in [-0.1, -0.05) is 6.42 Å². The molecule has 1 aromatic rings. The van der Waals surface area contributed by atoms with Crippen LogP contribution in [0.4, 0.5) is 23.9 Å². The van der Waals surface area contributed by atoms with Gasteiger partial charge in [-0.15, -0.1) is 0 Å². The number of likely N-dealkylation sites (tertiary alicyclic amines) is 1. The van der Waals surface area contributed by atoms with Crippen LogP contribution in [0.15, 0.2) is 12.4 Å². The van der Waals surface area contributed by atoms with E-state index in [4.69, 9.17) is 4.74 Å². The Morgan fingerprint density at radius 2 is 1.71 bits per heavy atom. The summed E-state index contributed by atoms with van der Waals surface area (Å²) in [7, 11) is 0. The highest BCUT2D eigenvalue weighted by atomic mass is 19.4. The van der Waals surface area contributed by atoms with Gasteiger partial charge in [-0.25, -0.2) is 14.8 Å². The molecule has 0 aromatic carbocycles. The van der Waals surface area contributed by atoms with Crippen LogP contribution in [0.5, 0.6) is 0 Å². The largest absolute Gasteiger partial charge is 0.444 e. The summed E-state index contributed by atoms with van der Waals surface area (Å²) in [5.41, 5.74) is -1.45. The molecule has 35 heavy (non-hydrogen) atoms. The number of carbonyl (C=O) groups excluding carboxylic acids is 2. The van der Waals surface area contributed by atoms with E-state index in [0.717, 1.165) is 38.1 Å². The van der Waals surface area contributed by atoms with E-state index >= 15 is 0 Å². The number of alkyl halides is 3. The lowest BCUT2D eigenvalue weighted by molar-refractivity contribution is -0.138. The van der Waals surface area contributed by atoms with Crippen molar-refractivity contribution in [1.82, 2.24) is 19.8 Å². The fourth-order valence-electron chi connectivity index (χ4n) is 5.48. The van der Waals surface area contributed by atoms with Crippen molar-refractivity contribution in [2.24, 2.45) is 5.92 Å². The molecule has 0 bridgehead atoms. The Hall–Kier alpha value is -2.59. The lowest BCUT2D eigenvalue weighted by Crippen LogP contribution is -2.49. The number of hydrogen-bond acceptors (Lipinski definition) is 6. The molecule has 1 aliphatic carbocycles. The molecule has 194 valence electrons. The van der Waals surface area contributed by atoms with Gasteiger partial charge in [-0.3, -0.25) is 4.79 Å². The topological polar surface area (TPSA) is 78.9 Å². The van der Waals surface area contributed by atoms with Gasteiger partial charge in [0, 0.05) is 57.1 Å². The predicted molar refractivity (Wildman–Crippen MR) is 123 cm³/mol. The lowest BCUT2D eigenvalue weighted by atomic mass is 9.99. The van der Waals surface area contributed by atoms with Gasteiger partial charge in [-0.05, 0) is 52.4 Å². The van der Waals surface area contributed by atoms with Gasteiger partial charge in [0.05, 0.1) is 5.56 Å². The van der Waals surface area contributed by atoms with Crippen LogP contribution in [0.2, 0.25) is 0 Å². The summed E-state index contributed by atoms with van der Waals surface area (Å²) in [6.07, 6.45) is 1.90. The molecular weight excluding hydrogens is 463 g/mol. The molecule has 3 fully saturated rings. The average Bonchev–Trinajstić information content (AvgIpc) is 3.37. The number of fused-ring (bicyclic) bond motifs is 1. The predicted octanol–water partition coefficient (Wildman–Crippen LogP) is 4.10. The van der Waals surface area contributed by atoms with Crippen molar-refractivity contribution in [3.05, 3.63) is 18.0 Å². The second kappa shape index (κ2) is 9.81. The average molecular weight is 498 g/mol. The van der Waals surface area contributed by atoms with E-state index in [2.05, 4.69) is 9.97 Å². The summed E-state index contributed by atoms with van der Waals surface area (Å²) in [6, 6.07) is 0.211. The molecule has 1 aromatic heterocycles. The van der Waals surface area contributed by atoms with Crippen molar-refractivity contribution >= 4 is 17.9 Å². The zero-order valence-electron chi connectivity index (χ0n) is 20.6. The van der Waals surface area contributed by atoms with Crippen molar-refractivity contribution in [2.75, 3.05) is 31.1 Å². The third-order valence-corrected chi connectivity index (χ3v) is 7.12. The summed E-state index contributed by atoms with van der Waals surface area (Å²) < 4.78 is 43.9. The first-order chi connectivity index (χ1) is 16.4. The van der Waals surface area contributed by atoms with Crippen molar-refractivity contribution < 1.29 is 27.5 Å². The Kier molecular flexibility index (Phi) is 7.15. The maximum absolute atomic E-state index is 12.9. The molecule has 1 saturated carbocycles. The third kappa shape index (κ3) is 5.98. The number of nitrogens with zero attached hydrogens (tertiary/aromatic N) is 5. The van der Waals surface area contributed by atoms with E-state index in [0.29, 0.717) is 44.9 Å². The Bertz CT molecular complexity index is 910. The summed E-state index contributed by atoms with van der Waals surface area (Å²) in [4.78, 5) is 39.0. The van der Waals surface area contributed by atoms with Gasteiger partial charge >= 0.3 is 12.3 Å². The fraction of sp³-hybridized carbons (Fsp3) is 0.750. The maximum Gasteiger partial charge on any atom is 0.419 e. The lowest BCUT2D eigenvalue weighted by Gasteiger charge is -2.35. The Labute approximate surface area is 203 Å². The first-order valence-corrected chi connectivity index (χ1v) is 12.4. The van der Waals surface area contributed by atoms with E-state index in [9.17, 15) is 22.8 Å². The molecule has 0 unspecified atom stereocenters. The van der Waals surface area contributed by atoms with Gasteiger partial charge in [0.25, 0.3) is 0 Å². The van der Waals surface area contributed by atoms with E-state index in [1.165, 1.54) is 0 Å². The minimum absolute atomic E-state index is 0.00550. The number of aromatic nitrogens is 2. The number of piperazine rings is 1. The summed E-state index contributed by atoms with van der Waals surface area (Å²) in [5.74, 6) is 0.740. The smallest absolute Gasteiger partial charge is 0.419 e. The summed E-state index contributed by atoms with van der Waals surface area (Å²) in [5, 5.41) is 0. The minimum atomic E-state index is -4.47. The second-order valence-electron chi connectivity index (χ2n) is 10.7. The van der Waals surface area contributed by atoms with Gasteiger partial charge in [-0.2, -0.15) is 13.2 Å². The number of hydrogen-bond donors (Lipinski definition) is 0. The van der Waals surface area contributed by atoms with Crippen molar-refractivity contribution in [1.29, 1.82) is 0 Å². The van der Waals surface area contributed by atoms with Crippen LogP contribution in [0.3, 0.4) is 0 Å². The molecule has 4 rings (SSSR count). The molecule has 0 spiro atoms. The molecule has 3 heterocycles. The monoisotopic (exact) mass is 497 g/mol. The van der Waals surface area contributed by atoms with Gasteiger partial charge in [0.15, 0.2) is 0 Å². The SMILES string of the molecule is CC(C)(C)OC(=O)N1[C@H](CCC(=O)N2CCN(c3ncc(C(F)(F)F)cn3)CC2)C[C@@H]2CCC[C@@H]21. The van der Waals surface area contributed by atoms with Gasteiger partial charge in [0.1, 0.15) is 5.60 Å². The highest BCUT2D eigenvalue weighted by Crippen LogP contribution is 2.43. The standard InChI is InChI=1S/C24H34F3N5O3/c1-23(2,3)35-22(34)32-18(13-16-5-4-6-19(16)32)7-8-20(33)30-9-11-31(12-10-30)21-28-14-17(15-29-21)24(25,26)27/h14-16,18-19H,4-13H2,1-3H3/t16-,18+,19-/m0/s1. The molecule has 2 saturated heterocycles. The zero-order chi connectivity index (χ0) is 25.4. The van der Waals surface area contributed by atoms with Crippen LogP contribution in [-0.2, 0) is 15.7 Å². The van der Waals surface area contributed by atoms with E-state index < -0.39 is 17.3 Å². The molecule has 8 nitrogen and oxygen atoms in total. The fourth-order valence-corrected chi connectivity index (χ4v) is 5.48. The molecule has 2 aliphatic heterocycles. The Balaban J connectivity index is 1.29. The van der Waals surface area contributed by atoms with Crippen LogP contribution in [0.25, 0.3) is 0 Å². The number of halogens is 3. The number of ether oxygens (including phenoxy) is 1. The van der Waals surface area contributed by atoms with E-state index in [1.54, 1.807) is 9.80 Å². The quantitative estimate of drug-likeness (QED) is 0.623. The second-order valence-corrected chi connectivity index (χ2v) is 10.7. The highest BCUT2D eigenvalue weighted by Gasteiger charge is 2.47. The Morgan fingerprint density at radius 1 is 1.06 bits per heavy atom. The van der Waals surface area contributed by atoms with Crippen molar-refractivity contribution in [3.8, 4) is 0 Å². The third-order valence-electron chi connectivity index (χ3n) is 7.12. The van der Waals surface area contributed by atoms with E-state index in [1.807, 2.05) is 25.7 Å². The van der Waals surface area contributed by atoms with Crippen LogP contribution in [0.1, 0.15) is 64.9 Å². The maximum atomic E-state index is 12.9. The Morgan fingerprint density at radius 3 is 2.31 bits per heavy atom. The van der Waals surface area contributed by atoms with E-state index in [-0.39, 0.29) is 30.0 Å². The molecule has 3 atom stereocenters. The summed E-state index contributed by atoms with van der Waals surface area (Å²) in [6.45, 7) is 7.40. The number of anilines is 1. The first-order valence-electron chi connectivity index (χ1n) is 12.4. The van der Waals surface area contributed by atoms with Crippen LogP contribution >= 0.6 is 0 Å². The number of rotatable bonds is 4.